The van der Waals surface area contributed by atoms with Gasteiger partial charge in [0.1, 0.15) is 0 Å². The maximum absolute atomic E-state index is 12.9. The minimum atomic E-state index is -0.206. The number of hydrogen-bond donors (Lipinski definition) is 2. The summed E-state index contributed by atoms with van der Waals surface area (Å²) in [6, 6.07) is 20.0. The highest BCUT2D eigenvalue weighted by Gasteiger charge is 2.17. The maximum Gasteiger partial charge on any atom is 0.319 e. The van der Waals surface area contributed by atoms with Crippen molar-refractivity contribution in [3.05, 3.63) is 87.6 Å². The summed E-state index contributed by atoms with van der Waals surface area (Å²) in [6.45, 7) is 9.00. The highest BCUT2D eigenvalue weighted by atomic mass is 32.1. The monoisotopic (exact) mass is 433 g/mol. The first-order valence-electron chi connectivity index (χ1n) is 10.7. The molecule has 0 unspecified atom stereocenters. The first-order chi connectivity index (χ1) is 15.0. The van der Waals surface area contributed by atoms with Gasteiger partial charge in [0.25, 0.3) is 0 Å². The van der Waals surface area contributed by atoms with E-state index in [1.165, 1.54) is 0 Å². The van der Waals surface area contributed by atoms with Gasteiger partial charge in [0.05, 0.1) is 6.04 Å². The zero-order chi connectivity index (χ0) is 22.2. The molecule has 1 heterocycles. The van der Waals surface area contributed by atoms with Gasteiger partial charge < -0.3 is 10.6 Å². The Kier molecular flexibility index (Phi) is 8.01. The van der Waals surface area contributed by atoms with Crippen LogP contribution in [0, 0.1) is 0 Å². The summed E-state index contributed by atoms with van der Waals surface area (Å²) in [5, 5.41) is 8.18. The third-order valence-electron chi connectivity index (χ3n) is 5.18. The van der Waals surface area contributed by atoms with E-state index in [9.17, 15) is 4.79 Å². The Labute approximate surface area is 189 Å². The Morgan fingerprint density at radius 1 is 0.935 bits per heavy atom. The average molecular weight is 434 g/mol. The van der Waals surface area contributed by atoms with Gasteiger partial charge in [-0.1, -0.05) is 82.3 Å². The maximum atomic E-state index is 12.9. The van der Waals surface area contributed by atoms with Crippen molar-refractivity contribution in [1.29, 1.82) is 0 Å². The van der Waals surface area contributed by atoms with Crippen LogP contribution in [0.25, 0.3) is 0 Å². The summed E-state index contributed by atoms with van der Waals surface area (Å²) in [7, 11) is 0. The molecular formula is C26H31N3OS. The van der Waals surface area contributed by atoms with Gasteiger partial charge in [-0.3, -0.25) is 4.99 Å². The molecule has 1 aromatic heterocycles. The van der Waals surface area contributed by atoms with Crippen molar-refractivity contribution < 1.29 is 4.79 Å². The lowest BCUT2D eigenvalue weighted by atomic mass is 9.93. The molecule has 0 bridgehead atoms. The number of carbonyl (C=O) groups excluding carboxylic acids is 1. The number of hydrogen-bond acceptors (Lipinski definition) is 3. The van der Waals surface area contributed by atoms with Crippen molar-refractivity contribution in [3.63, 3.8) is 0 Å². The highest BCUT2D eigenvalue weighted by Crippen LogP contribution is 2.32. The molecule has 0 spiro atoms. The van der Waals surface area contributed by atoms with Crippen molar-refractivity contribution in [2.45, 2.75) is 45.6 Å². The molecule has 0 saturated heterocycles. The molecule has 4 nitrogen and oxygen atoms in total. The summed E-state index contributed by atoms with van der Waals surface area (Å²) < 4.78 is 0. The van der Waals surface area contributed by atoms with Crippen molar-refractivity contribution in [2.75, 3.05) is 11.9 Å². The Morgan fingerprint density at radius 2 is 1.61 bits per heavy atom. The van der Waals surface area contributed by atoms with E-state index in [1.54, 1.807) is 11.3 Å². The summed E-state index contributed by atoms with van der Waals surface area (Å²) >= 11 is 1.65. The molecule has 0 aliphatic rings. The molecule has 0 saturated carbocycles. The van der Waals surface area contributed by atoms with E-state index in [4.69, 9.17) is 4.99 Å². The zero-order valence-corrected chi connectivity index (χ0v) is 19.4. The molecule has 3 aromatic rings. The summed E-state index contributed by atoms with van der Waals surface area (Å²) in [6.07, 6.45) is 1.88. The quantitative estimate of drug-likeness (QED) is 0.370. The van der Waals surface area contributed by atoms with Crippen LogP contribution in [0.3, 0.4) is 0 Å². The van der Waals surface area contributed by atoms with Gasteiger partial charge in [-0.25, -0.2) is 4.79 Å². The number of thiophene rings is 1. The van der Waals surface area contributed by atoms with Crippen LogP contribution in [-0.2, 0) is 0 Å². The first-order valence-corrected chi connectivity index (χ1v) is 11.6. The number of urea groups is 1. The molecule has 1 atom stereocenters. The van der Waals surface area contributed by atoms with E-state index in [-0.39, 0.29) is 12.1 Å². The lowest BCUT2D eigenvalue weighted by molar-refractivity contribution is 0.251. The molecule has 0 radical (unpaired) electrons. The van der Waals surface area contributed by atoms with Gasteiger partial charge in [0.15, 0.2) is 0 Å². The molecular weight excluding hydrogens is 402 g/mol. The number of benzene rings is 2. The minimum Gasteiger partial charge on any atom is -0.335 e. The number of anilines is 1. The Hall–Kier alpha value is -2.92. The predicted molar refractivity (Wildman–Crippen MR) is 133 cm³/mol. The molecule has 2 aromatic carbocycles. The number of nitrogens with zero attached hydrogens (tertiary/aromatic N) is 1. The second-order valence-electron chi connectivity index (χ2n) is 8.18. The van der Waals surface area contributed by atoms with Gasteiger partial charge in [0.2, 0.25) is 0 Å². The van der Waals surface area contributed by atoms with E-state index >= 15 is 0 Å². The fraction of sp³-hybridized carbons (Fsp3) is 0.308. The van der Waals surface area contributed by atoms with Crippen molar-refractivity contribution in [1.82, 2.24) is 5.32 Å². The minimum absolute atomic E-state index is 0.154. The van der Waals surface area contributed by atoms with Crippen LogP contribution >= 0.6 is 11.3 Å². The third-order valence-corrected chi connectivity index (χ3v) is 5.98. The molecule has 2 N–H and O–H groups in total. The van der Waals surface area contributed by atoms with E-state index in [2.05, 4.69) is 56.5 Å². The van der Waals surface area contributed by atoms with Crippen molar-refractivity contribution in [2.24, 2.45) is 4.99 Å². The van der Waals surface area contributed by atoms with Crippen LogP contribution in [0.2, 0.25) is 0 Å². The van der Waals surface area contributed by atoms with Crippen LogP contribution in [0.5, 0.6) is 0 Å². The second kappa shape index (κ2) is 10.9. The largest absolute Gasteiger partial charge is 0.335 e. The second-order valence-corrected chi connectivity index (χ2v) is 9.16. The van der Waals surface area contributed by atoms with E-state index < -0.39 is 0 Å². The molecule has 0 aliphatic carbocycles. The number of para-hydroxylation sites is 1. The normalized spacial score (nSPS) is 12.5. The molecule has 5 heteroatoms. The molecule has 162 valence electrons. The van der Waals surface area contributed by atoms with Crippen LogP contribution in [0.4, 0.5) is 10.5 Å². The Bertz CT molecular complexity index is 969. The fourth-order valence-corrected chi connectivity index (χ4v) is 4.10. The fourth-order valence-electron chi connectivity index (χ4n) is 3.50. The SMILES string of the molecule is CC(C)c1cccc(C(C)C)c1NC(=O)NC[C@@H](N=Cc1cccs1)c1ccccc1. The molecule has 3 rings (SSSR count). The van der Waals surface area contributed by atoms with E-state index in [1.807, 2.05) is 54.1 Å². The number of carbonyl (C=O) groups is 1. The smallest absolute Gasteiger partial charge is 0.319 e. The van der Waals surface area contributed by atoms with Gasteiger partial charge in [-0.2, -0.15) is 0 Å². The van der Waals surface area contributed by atoms with Crippen molar-refractivity contribution >= 4 is 29.3 Å². The number of nitrogens with one attached hydrogen (secondary N) is 2. The van der Waals surface area contributed by atoms with Gasteiger partial charge >= 0.3 is 6.03 Å². The average Bonchev–Trinajstić information content (AvgIpc) is 3.28. The number of amides is 2. The molecule has 2 amide bonds. The van der Waals surface area contributed by atoms with Gasteiger partial charge in [-0.15, -0.1) is 11.3 Å². The van der Waals surface area contributed by atoms with Crippen molar-refractivity contribution in [3.8, 4) is 0 Å². The molecule has 0 aliphatic heterocycles. The number of rotatable bonds is 8. The van der Waals surface area contributed by atoms with Crippen LogP contribution in [0.1, 0.15) is 67.1 Å². The van der Waals surface area contributed by atoms with Crippen LogP contribution in [-0.4, -0.2) is 18.8 Å². The third kappa shape index (κ3) is 6.28. The van der Waals surface area contributed by atoms with Crippen LogP contribution in [0.15, 0.2) is 71.0 Å². The Balaban J connectivity index is 1.75. The lowest BCUT2D eigenvalue weighted by Crippen LogP contribution is -2.33. The first kappa shape index (κ1) is 22.8. The standard InChI is InChI=1S/C26H31N3OS/c1-18(2)22-13-8-14-23(19(3)4)25(22)29-26(30)28-17-24(20-10-6-5-7-11-20)27-16-21-12-9-15-31-21/h5-16,18-19,24H,17H2,1-4H3,(H2,28,29,30)/t24-/m1/s1. The Morgan fingerprint density at radius 3 is 2.19 bits per heavy atom. The van der Waals surface area contributed by atoms with E-state index in [0.717, 1.165) is 27.3 Å². The summed E-state index contributed by atoms with van der Waals surface area (Å²) in [5.74, 6) is 0.642. The van der Waals surface area contributed by atoms with Gasteiger partial charge in [-0.05, 0) is 40.0 Å². The highest BCUT2D eigenvalue weighted by molar-refractivity contribution is 7.11. The number of aliphatic imine (C=N–C) groups is 1. The van der Waals surface area contributed by atoms with E-state index in [0.29, 0.717) is 18.4 Å². The summed E-state index contributed by atoms with van der Waals surface area (Å²) in [4.78, 5) is 18.7. The topological polar surface area (TPSA) is 53.5 Å². The lowest BCUT2D eigenvalue weighted by Gasteiger charge is -2.21. The molecule has 0 fully saturated rings. The van der Waals surface area contributed by atoms with Gasteiger partial charge in [0, 0.05) is 23.3 Å². The van der Waals surface area contributed by atoms with Crippen LogP contribution < -0.4 is 10.6 Å². The predicted octanol–water partition coefficient (Wildman–Crippen LogP) is 6.98. The zero-order valence-electron chi connectivity index (χ0n) is 18.6. The summed E-state index contributed by atoms with van der Waals surface area (Å²) in [5.41, 5.74) is 4.29. The molecule has 31 heavy (non-hydrogen) atoms.